The van der Waals surface area contributed by atoms with Crippen LogP contribution in [0.4, 0.5) is 0 Å². The van der Waals surface area contributed by atoms with Crippen LogP contribution in [0, 0.1) is 0 Å². The van der Waals surface area contributed by atoms with Gasteiger partial charge in [0.1, 0.15) is 0 Å². The van der Waals surface area contributed by atoms with Crippen LogP contribution in [0.15, 0.2) is 18.3 Å². The Morgan fingerprint density at radius 1 is 0.950 bits per heavy atom. The lowest BCUT2D eigenvalue weighted by atomic mass is 10.1. The first-order valence-electron chi connectivity index (χ1n) is 8.66. The summed E-state index contributed by atoms with van der Waals surface area (Å²) in [5.74, 6) is 0. The van der Waals surface area contributed by atoms with Gasteiger partial charge >= 0.3 is 0 Å². The second kappa shape index (κ2) is 11.0. The summed E-state index contributed by atoms with van der Waals surface area (Å²) in [5, 5.41) is 0. The van der Waals surface area contributed by atoms with Crippen molar-refractivity contribution >= 4 is 0 Å². The smallest absolute Gasteiger partial charge is 0.0421 e. The van der Waals surface area contributed by atoms with Crippen LogP contribution in [-0.2, 0) is 6.54 Å². The maximum Gasteiger partial charge on any atom is 0.0421 e. The fourth-order valence-electron chi connectivity index (χ4n) is 2.81. The molecule has 1 aromatic heterocycles. The molecule has 0 aliphatic rings. The van der Waals surface area contributed by atoms with Gasteiger partial charge in [-0.15, -0.1) is 0 Å². The predicted octanol–water partition coefficient (Wildman–Crippen LogP) is 5.43. The van der Waals surface area contributed by atoms with E-state index in [9.17, 15) is 0 Å². The zero-order valence-electron chi connectivity index (χ0n) is 13.6. The van der Waals surface area contributed by atoms with Crippen molar-refractivity contribution in [2.24, 2.45) is 5.73 Å². The number of unbranched alkanes of at least 4 members (excludes halogenated alkanes) is 9. The van der Waals surface area contributed by atoms with Crippen molar-refractivity contribution in [1.82, 2.24) is 4.57 Å². The molecule has 2 nitrogen and oxygen atoms in total. The summed E-state index contributed by atoms with van der Waals surface area (Å²) in [6.45, 7) is 5.46. The lowest BCUT2D eigenvalue weighted by Crippen LogP contribution is -2.11. The van der Waals surface area contributed by atoms with Crippen LogP contribution in [0.5, 0.6) is 0 Å². The Labute approximate surface area is 125 Å². The van der Waals surface area contributed by atoms with Gasteiger partial charge in [0.15, 0.2) is 0 Å². The van der Waals surface area contributed by atoms with E-state index in [1.54, 1.807) is 0 Å². The van der Waals surface area contributed by atoms with E-state index in [1.807, 2.05) is 0 Å². The fraction of sp³-hybridized carbons (Fsp3) is 0.778. The molecule has 1 aromatic rings. The summed E-state index contributed by atoms with van der Waals surface area (Å²) in [6.07, 6.45) is 16.1. The third-order valence-corrected chi connectivity index (χ3v) is 4.08. The Morgan fingerprint density at radius 2 is 1.50 bits per heavy atom. The molecule has 0 spiro atoms. The van der Waals surface area contributed by atoms with Gasteiger partial charge in [0, 0.05) is 24.5 Å². The number of nitrogens with zero attached hydrogens (tertiary/aromatic N) is 1. The van der Waals surface area contributed by atoms with Gasteiger partial charge in [-0.1, -0.05) is 64.7 Å². The van der Waals surface area contributed by atoms with Crippen molar-refractivity contribution in [3.63, 3.8) is 0 Å². The first kappa shape index (κ1) is 17.3. The van der Waals surface area contributed by atoms with E-state index in [0.717, 1.165) is 6.54 Å². The number of rotatable bonds is 12. The van der Waals surface area contributed by atoms with Gasteiger partial charge in [-0.25, -0.2) is 0 Å². The molecule has 0 aromatic carbocycles. The summed E-state index contributed by atoms with van der Waals surface area (Å²) in [4.78, 5) is 0. The molecule has 0 radical (unpaired) electrons. The van der Waals surface area contributed by atoms with Gasteiger partial charge in [-0.2, -0.15) is 0 Å². The van der Waals surface area contributed by atoms with Crippen LogP contribution >= 0.6 is 0 Å². The standard InChI is InChI=1S/C18H34N2/c1-3-4-5-6-7-8-9-10-11-12-15-20-16-13-14-18(20)17(2)19/h13-14,16-17H,3-12,15,19H2,1-2H3. The molecule has 0 aliphatic heterocycles. The highest BCUT2D eigenvalue weighted by Gasteiger charge is 2.04. The molecule has 0 saturated carbocycles. The van der Waals surface area contributed by atoms with E-state index in [1.165, 1.54) is 69.9 Å². The molecule has 0 saturated heterocycles. The Bertz CT molecular complexity index is 328. The van der Waals surface area contributed by atoms with Gasteiger partial charge in [-0.05, 0) is 25.5 Å². The van der Waals surface area contributed by atoms with Gasteiger partial charge < -0.3 is 10.3 Å². The van der Waals surface area contributed by atoms with E-state index < -0.39 is 0 Å². The molecule has 2 N–H and O–H groups in total. The maximum atomic E-state index is 5.96. The number of aromatic nitrogens is 1. The minimum Gasteiger partial charge on any atom is -0.350 e. The number of nitrogens with two attached hydrogens (primary N) is 1. The molecular formula is C18H34N2. The van der Waals surface area contributed by atoms with Crippen LogP contribution in [0.25, 0.3) is 0 Å². The fourth-order valence-corrected chi connectivity index (χ4v) is 2.81. The van der Waals surface area contributed by atoms with E-state index in [2.05, 4.69) is 36.7 Å². The number of hydrogen-bond donors (Lipinski definition) is 1. The molecular weight excluding hydrogens is 244 g/mol. The zero-order chi connectivity index (χ0) is 14.6. The van der Waals surface area contributed by atoms with Crippen LogP contribution in [0.3, 0.4) is 0 Å². The molecule has 1 unspecified atom stereocenters. The molecule has 2 heteroatoms. The van der Waals surface area contributed by atoms with E-state index in [-0.39, 0.29) is 6.04 Å². The number of hydrogen-bond acceptors (Lipinski definition) is 1. The number of aryl methyl sites for hydroxylation is 1. The van der Waals surface area contributed by atoms with Crippen LogP contribution in [0.2, 0.25) is 0 Å². The summed E-state index contributed by atoms with van der Waals surface area (Å²) in [6, 6.07) is 4.39. The van der Waals surface area contributed by atoms with Gasteiger partial charge in [-0.3, -0.25) is 0 Å². The predicted molar refractivity (Wildman–Crippen MR) is 88.9 cm³/mol. The molecule has 1 atom stereocenters. The van der Waals surface area contributed by atoms with Gasteiger partial charge in [0.05, 0.1) is 0 Å². The first-order chi connectivity index (χ1) is 9.75. The highest BCUT2D eigenvalue weighted by Crippen LogP contribution is 2.14. The van der Waals surface area contributed by atoms with E-state index in [0.29, 0.717) is 0 Å². The van der Waals surface area contributed by atoms with Gasteiger partial charge in [0.2, 0.25) is 0 Å². The highest BCUT2D eigenvalue weighted by molar-refractivity contribution is 5.10. The van der Waals surface area contributed by atoms with Crippen molar-refractivity contribution in [3.05, 3.63) is 24.0 Å². The second-order valence-corrected chi connectivity index (χ2v) is 6.10. The molecule has 116 valence electrons. The topological polar surface area (TPSA) is 30.9 Å². The Kier molecular flexibility index (Phi) is 9.48. The molecule has 0 bridgehead atoms. The lowest BCUT2D eigenvalue weighted by molar-refractivity contribution is 0.525. The Morgan fingerprint density at radius 3 is 2.05 bits per heavy atom. The van der Waals surface area contributed by atoms with Crippen LogP contribution < -0.4 is 5.73 Å². The summed E-state index contributed by atoms with van der Waals surface area (Å²) in [7, 11) is 0. The molecule has 0 aliphatic carbocycles. The zero-order valence-corrected chi connectivity index (χ0v) is 13.6. The molecule has 1 rings (SSSR count). The average Bonchev–Trinajstić information content (AvgIpc) is 2.89. The maximum absolute atomic E-state index is 5.96. The van der Waals surface area contributed by atoms with Crippen LogP contribution in [0.1, 0.15) is 89.8 Å². The third kappa shape index (κ3) is 7.14. The monoisotopic (exact) mass is 278 g/mol. The highest BCUT2D eigenvalue weighted by atomic mass is 15.0. The minimum atomic E-state index is 0.146. The Hall–Kier alpha value is -0.760. The lowest BCUT2D eigenvalue weighted by Gasteiger charge is -2.11. The van der Waals surface area contributed by atoms with Crippen molar-refractivity contribution in [3.8, 4) is 0 Å². The van der Waals surface area contributed by atoms with Crippen molar-refractivity contribution < 1.29 is 0 Å². The molecule has 0 fully saturated rings. The Balaban J connectivity index is 1.96. The van der Waals surface area contributed by atoms with E-state index >= 15 is 0 Å². The minimum absolute atomic E-state index is 0.146. The largest absolute Gasteiger partial charge is 0.350 e. The van der Waals surface area contributed by atoms with Gasteiger partial charge in [0.25, 0.3) is 0 Å². The molecule has 0 amide bonds. The SMILES string of the molecule is CCCCCCCCCCCCn1cccc1C(C)N. The van der Waals surface area contributed by atoms with Crippen molar-refractivity contribution in [2.75, 3.05) is 0 Å². The van der Waals surface area contributed by atoms with Crippen molar-refractivity contribution in [2.45, 2.75) is 90.6 Å². The van der Waals surface area contributed by atoms with Crippen molar-refractivity contribution in [1.29, 1.82) is 0 Å². The molecule has 20 heavy (non-hydrogen) atoms. The first-order valence-corrected chi connectivity index (χ1v) is 8.66. The summed E-state index contributed by atoms with van der Waals surface area (Å²) >= 11 is 0. The average molecular weight is 278 g/mol. The summed E-state index contributed by atoms with van der Waals surface area (Å²) < 4.78 is 2.31. The quantitative estimate of drug-likeness (QED) is 0.508. The second-order valence-electron chi connectivity index (χ2n) is 6.10. The normalized spacial score (nSPS) is 12.8. The van der Waals surface area contributed by atoms with Crippen LogP contribution in [-0.4, -0.2) is 4.57 Å². The van der Waals surface area contributed by atoms with E-state index in [4.69, 9.17) is 5.73 Å². The summed E-state index contributed by atoms with van der Waals surface area (Å²) in [5.41, 5.74) is 7.22. The molecule has 1 heterocycles. The third-order valence-electron chi connectivity index (χ3n) is 4.08.